The Labute approximate surface area is 126 Å². The summed E-state index contributed by atoms with van der Waals surface area (Å²) in [6, 6.07) is 11.5. The molecule has 2 atom stereocenters. The predicted octanol–water partition coefficient (Wildman–Crippen LogP) is 2.88. The van der Waals surface area contributed by atoms with Gasteiger partial charge in [0.1, 0.15) is 6.10 Å². The van der Waals surface area contributed by atoms with E-state index in [1.165, 1.54) is 0 Å². The Bertz CT molecular complexity index is 535. The number of aromatic nitrogens is 2. The lowest BCUT2D eigenvalue weighted by atomic mass is 10.0. The van der Waals surface area contributed by atoms with Gasteiger partial charge in [-0.05, 0) is 24.5 Å². The van der Waals surface area contributed by atoms with Crippen molar-refractivity contribution >= 4 is 0 Å². The lowest BCUT2D eigenvalue weighted by molar-refractivity contribution is 0.0183. The number of aliphatic hydroxyl groups is 2. The molecule has 0 bridgehead atoms. The third kappa shape index (κ3) is 3.93. The van der Waals surface area contributed by atoms with Crippen LogP contribution in [0.5, 0.6) is 0 Å². The Morgan fingerprint density at radius 3 is 2.33 bits per heavy atom. The molecule has 2 aromatic rings. The van der Waals surface area contributed by atoms with E-state index in [0.29, 0.717) is 12.5 Å². The van der Waals surface area contributed by atoms with E-state index in [-0.39, 0.29) is 0 Å². The molecule has 0 aliphatic rings. The first-order chi connectivity index (χ1) is 10.2. The molecule has 0 fully saturated rings. The first kappa shape index (κ1) is 15.7. The molecule has 0 spiro atoms. The molecule has 0 aliphatic carbocycles. The molecule has 2 rings (SSSR count). The van der Waals surface area contributed by atoms with Gasteiger partial charge in [-0.15, -0.1) is 0 Å². The van der Waals surface area contributed by atoms with Gasteiger partial charge in [-0.1, -0.05) is 44.2 Å². The van der Waals surface area contributed by atoms with Crippen LogP contribution in [0.4, 0.5) is 0 Å². The first-order valence-electron chi connectivity index (χ1n) is 7.60. The minimum absolute atomic E-state index is 0.350. The average Bonchev–Trinajstić information content (AvgIpc) is 2.97. The van der Waals surface area contributed by atoms with Crippen LogP contribution in [0.3, 0.4) is 0 Å². The van der Waals surface area contributed by atoms with Crippen molar-refractivity contribution in [2.24, 2.45) is 0 Å². The van der Waals surface area contributed by atoms with Gasteiger partial charge in [0.15, 0.2) is 0 Å². The quantitative estimate of drug-likeness (QED) is 0.823. The van der Waals surface area contributed by atoms with Crippen LogP contribution in [0, 0.1) is 0 Å². The van der Waals surface area contributed by atoms with Crippen LogP contribution in [0.15, 0.2) is 42.6 Å². The highest BCUT2D eigenvalue weighted by molar-refractivity contribution is 5.19. The standard InChI is InChI=1S/C17H24N2O2/c1-3-15(4-2)19-11-10-14(18-19)12-16(20)17(21)13-8-6-5-7-9-13/h5-11,15-17,20-21H,3-4,12H2,1-2H3. The van der Waals surface area contributed by atoms with Crippen LogP contribution in [0.2, 0.25) is 0 Å². The van der Waals surface area contributed by atoms with Crippen molar-refractivity contribution in [1.29, 1.82) is 0 Å². The van der Waals surface area contributed by atoms with Crippen LogP contribution in [0.25, 0.3) is 0 Å². The lowest BCUT2D eigenvalue weighted by Crippen LogP contribution is -2.21. The zero-order valence-electron chi connectivity index (χ0n) is 12.7. The minimum atomic E-state index is -0.885. The van der Waals surface area contributed by atoms with E-state index in [4.69, 9.17) is 0 Å². The second kappa shape index (κ2) is 7.38. The molecule has 0 amide bonds. The highest BCUT2D eigenvalue weighted by Gasteiger charge is 2.20. The van der Waals surface area contributed by atoms with Crippen LogP contribution in [0.1, 0.15) is 50.1 Å². The molecule has 0 saturated heterocycles. The number of aliphatic hydroxyl groups excluding tert-OH is 2. The van der Waals surface area contributed by atoms with Gasteiger partial charge in [-0.25, -0.2) is 0 Å². The van der Waals surface area contributed by atoms with Gasteiger partial charge in [0.05, 0.1) is 17.8 Å². The van der Waals surface area contributed by atoms with Crippen molar-refractivity contribution in [3.05, 3.63) is 53.9 Å². The minimum Gasteiger partial charge on any atom is -0.390 e. The zero-order valence-corrected chi connectivity index (χ0v) is 12.7. The van der Waals surface area contributed by atoms with E-state index in [2.05, 4.69) is 18.9 Å². The fourth-order valence-corrected chi connectivity index (χ4v) is 2.55. The highest BCUT2D eigenvalue weighted by Crippen LogP contribution is 2.20. The Morgan fingerprint density at radius 2 is 1.71 bits per heavy atom. The van der Waals surface area contributed by atoms with Crippen molar-refractivity contribution in [2.45, 2.75) is 51.4 Å². The number of hydrogen-bond donors (Lipinski definition) is 2. The van der Waals surface area contributed by atoms with Gasteiger partial charge in [0.25, 0.3) is 0 Å². The summed E-state index contributed by atoms with van der Waals surface area (Å²) in [5.41, 5.74) is 1.54. The van der Waals surface area contributed by atoms with Crippen molar-refractivity contribution in [2.75, 3.05) is 0 Å². The lowest BCUT2D eigenvalue weighted by Gasteiger charge is -2.17. The van der Waals surface area contributed by atoms with E-state index >= 15 is 0 Å². The van der Waals surface area contributed by atoms with Crippen LogP contribution >= 0.6 is 0 Å². The Kier molecular flexibility index (Phi) is 5.53. The fourth-order valence-electron chi connectivity index (χ4n) is 2.55. The van der Waals surface area contributed by atoms with Crippen LogP contribution < -0.4 is 0 Å². The maximum Gasteiger partial charge on any atom is 0.105 e. The summed E-state index contributed by atoms with van der Waals surface area (Å²) in [5, 5.41) is 24.9. The van der Waals surface area contributed by atoms with Crippen molar-refractivity contribution < 1.29 is 10.2 Å². The number of rotatable bonds is 7. The van der Waals surface area contributed by atoms with Crippen molar-refractivity contribution in [3.63, 3.8) is 0 Å². The van der Waals surface area contributed by atoms with E-state index in [9.17, 15) is 10.2 Å². The Hall–Kier alpha value is -1.65. The molecule has 2 N–H and O–H groups in total. The summed E-state index contributed by atoms with van der Waals surface area (Å²) in [7, 11) is 0. The summed E-state index contributed by atoms with van der Waals surface area (Å²) in [6.07, 6.45) is 2.64. The molecule has 4 nitrogen and oxygen atoms in total. The summed E-state index contributed by atoms with van der Waals surface area (Å²) in [6.45, 7) is 4.28. The maximum absolute atomic E-state index is 10.2. The molecule has 1 heterocycles. The molecule has 21 heavy (non-hydrogen) atoms. The average molecular weight is 288 g/mol. The normalized spacial score (nSPS) is 14.3. The number of benzene rings is 1. The molecule has 4 heteroatoms. The van der Waals surface area contributed by atoms with Crippen molar-refractivity contribution in [3.8, 4) is 0 Å². The van der Waals surface area contributed by atoms with Gasteiger partial charge >= 0.3 is 0 Å². The molecule has 0 radical (unpaired) electrons. The second-order valence-corrected chi connectivity index (χ2v) is 5.38. The van der Waals surface area contributed by atoms with E-state index < -0.39 is 12.2 Å². The Morgan fingerprint density at radius 1 is 1.05 bits per heavy atom. The third-order valence-electron chi connectivity index (χ3n) is 3.90. The Balaban J connectivity index is 2.01. The van der Waals surface area contributed by atoms with Crippen molar-refractivity contribution in [1.82, 2.24) is 9.78 Å². The van der Waals surface area contributed by atoms with E-state index in [1.54, 1.807) is 0 Å². The monoisotopic (exact) mass is 288 g/mol. The molecule has 1 aromatic carbocycles. The SMILES string of the molecule is CCC(CC)n1ccc(CC(O)C(O)c2ccccc2)n1. The van der Waals surface area contributed by atoms with E-state index in [0.717, 1.165) is 24.1 Å². The van der Waals surface area contributed by atoms with Crippen LogP contribution in [-0.2, 0) is 6.42 Å². The summed E-state index contributed by atoms with van der Waals surface area (Å²) in [4.78, 5) is 0. The summed E-state index contributed by atoms with van der Waals surface area (Å²) in [5.74, 6) is 0. The highest BCUT2D eigenvalue weighted by atomic mass is 16.3. The zero-order chi connectivity index (χ0) is 15.2. The molecule has 114 valence electrons. The molecular formula is C17H24N2O2. The van der Waals surface area contributed by atoms with E-state index in [1.807, 2.05) is 47.3 Å². The molecular weight excluding hydrogens is 264 g/mol. The maximum atomic E-state index is 10.2. The van der Waals surface area contributed by atoms with Crippen LogP contribution in [-0.4, -0.2) is 26.1 Å². The van der Waals surface area contributed by atoms with Gasteiger partial charge in [-0.2, -0.15) is 5.10 Å². The van der Waals surface area contributed by atoms with Gasteiger partial charge in [0, 0.05) is 12.6 Å². The fraction of sp³-hybridized carbons (Fsp3) is 0.471. The van der Waals surface area contributed by atoms with Gasteiger partial charge in [-0.3, -0.25) is 4.68 Å². The topological polar surface area (TPSA) is 58.3 Å². The number of hydrogen-bond acceptors (Lipinski definition) is 3. The smallest absolute Gasteiger partial charge is 0.105 e. The molecule has 0 aliphatic heterocycles. The molecule has 0 saturated carbocycles. The van der Waals surface area contributed by atoms with Gasteiger partial charge < -0.3 is 10.2 Å². The molecule has 2 unspecified atom stereocenters. The largest absolute Gasteiger partial charge is 0.390 e. The predicted molar refractivity (Wildman–Crippen MR) is 83.0 cm³/mol. The van der Waals surface area contributed by atoms with Gasteiger partial charge in [0.2, 0.25) is 0 Å². The third-order valence-corrected chi connectivity index (χ3v) is 3.90. The second-order valence-electron chi connectivity index (χ2n) is 5.38. The first-order valence-corrected chi connectivity index (χ1v) is 7.60. The number of nitrogens with zero attached hydrogens (tertiary/aromatic N) is 2. The molecule has 1 aromatic heterocycles. The summed E-state index contributed by atoms with van der Waals surface area (Å²) < 4.78 is 1.96. The summed E-state index contributed by atoms with van der Waals surface area (Å²) >= 11 is 0.